The third-order valence-electron chi connectivity index (χ3n) is 1.95. The number of hydrogen-bond acceptors (Lipinski definition) is 3. The maximum Gasteiger partial charge on any atom is 0.421 e. The lowest BCUT2D eigenvalue weighted by molar-refractivity contribution is -0.140. The number of aliphatic hydroxyl groups is 1. The Labute approximate surface area is 92.8 Å². The highest BCUT2D eigenvalue weighted by Gasteiger charge is 2.38. The average Bonchev–Trinajstić information content (AvgIpc) is 2.25. The summed E-state index contributed by atoms with van der Waals surface area (Å²) in [7, 11) is 0.918. The monoisotopic (exact) mass is 257 g/mol. The topological polar surface area (TPSA) is 42.4 Å². The molecule has 0 amide bonds. The van der Waals surface area contributed by atoms with Gasteiger partial charge in [0.05, 0.1) is 19.4 Å². The first-order chi connectivity index (χ1) is 7.81. The molecule has 0 bridgehead atoms. The van der Waals surface area contributed by atoms with E-state index in [0.717, 1.165) is 7.11 Å². The normalized spacial score (nSPS) is 12.0. The van der Waals surface area contributed by atoms with Crippen molar-refractivity contribution in [3.05, 3.63) is 23.0 Å². The van der Waals surface area contributed by atoms with Gasteiger partial charge in [0, 0.05) is 6.07 Å². The molecular formula is C9H8F5NO2. The summed E-state index contributed by atoms with van der Waals surface area (Å²) in [5.74, 6) is -0.785. The van der Waals surface area contributed by atoms with E-state index in [0.29, 0.717) is 6.07 Å². The molecule has 0 radical (unpaired) electrons. The summed E-state index contributed by atoms with van der Waals surface area (Å²) in [6.45, 7) is -1.11. The van der Waals surface area contributed by atoms with Crippen LogP contribution >= 0.6 is 0 Å². The lowest BCUT2D eigenvalue weighted by Crippen LogP contribution is -2.14. The molecule has 17 heavy (non-hydrogen) atoms. The van der Waals surface area contributed by atoms with E-state index < -0.39 is 41.9 Å². The van der Waals surface area contributed by atoms with Crippen LogP contribution in [0.5, 0.6) is 5.75 Å². The van der Waals surface area contributed by atoms with Crippen molar-refractivity contribution < 1.29 is 31.8 Å². The molecule has 1 heterocycles. The van der Waals surface area contributed by atoms with Gasteiger partial charge in [0.2, 0.25) is 0 Å². The van der Waals surface area contributed by atoms with Crippen LogP contribution in [0.4, 0.5) is 22.0 Å². The minimum absolute atomic E-state index is 0.507. The first kappa shape index (κ1) is 13.6. The summed E-state index contributed by atoms with van der Waals surface area (Å²) in [6.07, 6.45) is -7.88. The van der Waals surface area contributed by atoms with Gasteiger partial charge in [-0.2, -0.15) is 13.2 Å². The van der Waals surface area contributed by atoms with Gasteiger partial charge in [0.25, 0.3) is 6.43 Å². The summed E-state index contributed by atoms with van der Waals surface area (Å²) in [6, 6.07) is 0.507. The number of halogens is 5. The van der Waals surface area contributed by atoms with Crippen molar-refractivity contribution in [2.24, 2.45) is 0 Å². The number of methoxy groups -OCH3 is 1. The lowest BCUT2D eigenvalue weighted by atomic mass is 10.1. The molecule has 0 fully saturated rings. The molecule has 0 saturated heterocycles. The largest absolute Gasteiger partial charge is 0.496 e. The van der Waals surface area contributed by atoms with E-state index in [2.05, 4.69) is 9.72 Å². The Morgan fingerprint density at radius 2 is 2.00 bits per heavy atom. The van der Waals surface area contributed by atoms with Crippen molar-refractivity contribution >= 4 is 0 Å². The molecule has 1 rings (SSSR count). The zero-order chi connectivity index (χ0) is 13.2. The number of ether oxygens (including phenoxy) is 1. The molecule has 3 nitrogen and oxygen atoms in total. The van der Waals surface area contributed by atoms with Gasteiger partial charge < -0.3 is 9.84 Å². The van der Waals surface area contributed by atoms with Gasteiger partial charge in [-0.1, -0.05) is 0 Å². The summed E-state index contributed by atoms with van der Waals surface area (Å²) < 4.78 is 66.9. The second-order valence-corrected chi connectivity index (χ2v) is 3.03. The van der Waals surface area contributed by atoms with E-state index in [1.165, 1.54) is 0 Å². The van der Waals surface area contributed by atoms with Gasteiger partial charge in [0.1, 0.15) is 17.0 Å². The minimum atomic E-state index is -4.84. The molecule has 96 valence electrons. The van der Waals surface area contributed by atoms with E-state index in [1.54, 1.807) is 0 Å². The lowest BCUT2D eigenvalue weighted by Gasteiger charge is -2.16. The first-order valence-electron chi connectivity index (χ1n) is 4.35. The van der Waals surface area contributed by atoms with Crippen LogP contribution in [0.1, 0.15) is 23.4 Å². The van der Waals surface area contributed by atoms with Crippen LogP contribution in [-0.4, -0.2) is 17.2 Å². The molecule has 0 unspecified atom stereocenters. The third-order valence-corrected chi connectivity index (χ3v) is 1.95. The van der Waals surface area contributed by atoms with Crippen molar-refractivity contribution in [1.82, 2.24) is 4.98 Å². The Morgan fingerprint density at radius 1 is 1.41 bits per heavy atom. The first-order valence-corrected chi connectivity index (χ1v) is 4.35. The number of aromatic nitrogens is 1. The molecular weight excluding hydrogens is 249 g/mol. The zero-order valence-electron chi connectivity index (χ0n) is 8.55. The van der Waals surface area contributed by atoms with Gasteiger partial charge in [-0.05, 0) is 0 Å². The molecule has 0 atom stereocenters. The minimum Gasteiger partial charge on any atom is -0.496 e. The van der Waals surface area contributed by atoms with Crippen LogP contribution in [0.3, 0.4) is 0 Å². The number of aliphatic hydroxyl groups excluding tert-OH is 1. The predicted molar refractivity (Wildman–Crippen MR) is 46.7 cm³/mol. The van der Waals surface area contributed by atoms with Crippen molar-refractivity contribution in [3.8, 4) is 5.75 Å². The Kier molecular flexibility index (Phi) is 3.87. The van der Waals surface area contributed by atoms with Crippen LogP contribution in [-0.2, 0) is 12.8 Å². The fourth-order valence-corrected chi connectivity index (χ4v) is 1.28. The summed E-state index contributed by atoms with van der Waals surface area (Å²) in [5, 5.41) is 8.75. The van der Waals surface area contributed by atoms with E-state index in [9.17, 15) is 22.0 Å². The second-order valence-electron chi connectivity index (χ2n) is 3.03. The molecule has 0 saturated carbocycles. The maximum absolute atomic E-state index is 12.6. The Balaban J connectivity index is 3.47. The summed E-state index contributed by atoms with van der Waals surface area (Å²) in [4.78, 5) is 3.07. The van der Waals surface area contributed by atoms with Gasteiger partial charge in [-0.3, -0.25) is 0 Å². The fraction of sp³-hybridized carbons (Fsp3) is 0.444. The molecule has 0 aliphatic rings. The van der Waals surface area contributed by atoms with Crippen molar-refractivity contribution in [3.63, 3.8) is 0 Å². The number of hydrogen-bond donors (Lipinski definition) is 1. The number of nitrogens with zero attached hydrogens (tertiary/aromatic N) is 1. The number of rotatable bonds is 3. The van der Waals surface area contributed by atoms with Gasteiger partial charge in [0.15, 0.2) is 0 Å². The highest BCUT2D eigenvalue weighted by atomic mass is 19.4. The molecule has 1 N–H and O–H groups in total. The van der Waals surface area contributed by atoms with Gasteiger partial charge in [-0.25, -0.2) is 13.8 Å². The predicted octanol–water partition coefficient (Wildman–Crippen LogP) is 2.54. The Hall–Kier alpha value is -1.44. The standard InChI is InChI=1S/C9H8F5NO2/c1-17-6-2-4(8(10)11)15-5(3-16)7(6)9(12,13)14/h2,8,16H,3H2,1H3. The molecule has 0 aliphatic carbocycles. The smallest absolute Gasteiger partial charge is 0.421 e. The van der Waals surface area contributed by atoms with Crippen LogP contribution in [0.25, 0.3) is 0 Å². The quantitative estimate of drug-likeness (QED) is 0.846. The van der Waals surface area contributed by atoms with E-state index >= 15 is 0 Å². The third kappa shape index (κ3) is 2.82. The molecule has 1 aromatic heterocycles. The van der Waals surface area contributed by atoms with E-state index in [1.807, 2.05) is 0 Å². The van der Waals surface area contributed by atoms with Crippen LogP contribution in [0.2, 0.25) is 0 Å². The summed E-state index contributed by atoms with van der Waals surface area (Å²) >= 11 is 0. The van der Waals surface area contributed by atoms with Crippen molar-refractivity contribution in [2.75, 3.05) is 7.11 Å². The van der Waals surface area contributed by atoms with Gasteiger partial charge >= 0.3 is 6.18 Å². The van der Waals surface area contributed by atoms with Crippen molar-refractivity contribution in [2.45, 2.75) is 19.2 Å². The SMILES string of the molecule is COc1cc(C(F)F)nc(CO)c1C(F)(F)F. The molecule has 0 aliphatic heterocycles. The van der Waals surface area contributed by atoms with Crippen LogP contribution in [0.15, 0.2) is 6.07 Å². The van der Waals surface area contributed by atoms with Crippen molar-refractivity contribution in [1.29, 1.82) is 0 Å². The Bertz CT molecular complexity index is 380. The molecule has 0 spiro atoms. The maximum atomic E-state index is 12.6. The number of alkyl halides is 5. The fourth-order valence-electron chi connectivity index (χ4n) is 1.28. The van der Waals surface area contributed by atoms with Crippen LogP contribution in [0, 0.1) is 0 Å². The van der Waals surface area contributed by atoms with E-state index in [4.69, 9.17) is 5.11 Å². The van der Waals surface area contributed by atoms with Gasteiger partial charge in [-0.15, -0.1) is 0 Å². The number of pyridine rings is 1. The van der Waals surface area contributed by atoms with Crippen LogP contribution < -0.4 is 4.74 Å². The average molecular weight is 257 g/mol. The highest BCUT2D eigenvalue weighted by Crippen LogP contribution is 2.39. The zero-order valence-corrected chi connectivity index (χ0v) is 8.55. The highest BCUT2D eigenvalue weighted by molar-refractivity contribution is 5.40. The van der Waals surface area contributed by atoms with E-state index in [-0.39, 0.29) is 0 Å². The molecule has 8 heteroatoms. The summed E-state index contributed by atoms with van der Waals surface area (Å²) in [5.41, 5.74) is -3.10. The second kappa shape index (κ2) is 4.82. The molecule has 1 aromatic rings. The molecule has 0 aromatic carbocycles. The Morgan fingerprint density at radius 3 is 2.35 bits per heavy atom.